The van der Waals surface area contributed by atoms with Crippen LogP contribution in [0.2, 0.25) is 0 Å². The Labute approximate surface area is 105 Å². The maximum Gasteiger partial charge on any atom is 0.577 e. The van der Waals surface area contributed by atoms with Crippen molar-refractivity contribution in [2.45, 2.75) is 19.4 Å². The average molecular weight is 279 g/mol. The van der Waals surface area contributed by atoms with Crippen LogP contribution in [0.25, 0.3) is 0 Å². The van der Waals surface area contributed by atoms with Gasteiger partial charge in [-0.15, -0.1) is 0 Å². The van der Waals surface area contributed by atoms with Crippen LogP contribution in [0.3, 0.4) is 0 Å². The quantitative estimate of drug-likeness (QED) is 0.591. The second-order valence-corrected chi connectivity index (χ2v) is 5.20. The summed E-state index contributed by atoms with van der Waals surface area (Å²) in [4.78, 5) is 0. The summed E-state index contributed by atoms with van der Waals surface area (Å²) in [6.45, 7) is 1.67. The molecule has 0 aliphatic carbocycles. The molecule has 1 aromatic carbocycles. The Balaban J connectivity index is 2.69. The van der Waals surface area contributed by atoms with Crippen molar-refractivity contribution in [3.8, 4) is 0 Å². The van der Waals surface area contributed by atoms with Gasteiger partial charge in [0.2, 0.25) is 0 Å². The molecule has 0 saturated carbocycles. The third-order valence-electron chi connectivity index (χ3n) is 2.23. The van der Waals surface area contributed by atoms with Gasteiger partial charge in [0.15, 0.2) is 11.6 Å². The fraction of sp³-hybridized carbons (Fsp3) is 0.455. The van der Waals surface area contributed by atoms with Crippen molar-refractivity contribution in [2.24, 2.45) is 0 Å². The minimum Gasteiger partial charge on any atom is -0.375 e. The summed E-state index contributed by atoms with van der Waals surface area (Å²) in [6, 6.07) is 1.35. The lowest BCUT2D eigenvalue weighted by atomic mass is 10.1. The summed E-state index contributed by atoms with van der Waals surface area (Å²) < 4.78 is 54.3. The van der Waals surface area contributed by atoms with E-state index < -0.39 is 33.1 Å². The van der Waals surface area contributed by atoms with Gasteiger partial charge >= 0.3 is 9.53 Å². The highest BCUT2D eigenvalue weighted by atomic mass is 28.3. The first-order chi connectivity index (χ1) is 8.47. The largest absolute Gasteiger partial charge is 0.577 e. The van der Waals surface area contributed by atoms with Crippen molar-refractivity contribution in [3.63, 3.8) is 0 Å². The van der Waals surface area contributed by atoms with E-state index in [0.717, 1.165) is 6.07 Å². The van der Waals surface area contributed by atoms with Crippen molar-refractivity contribution in [2.75, 3.05) is 14.2 Å². The van der Waals surface area contributed by atoms with E-state index in [1.807, 2.05) is 0 Å². The molecule has 1 aromatic rings. The Hall–Kier alpha value is -0.893. The fourth-order valence-corrected chi connectivity index (χ4v) is 2.19. The van der Waals surface area contributed by atoms with E-state index in [2.05, 4.69) is 0 Å². The third kappa shape index (κ3) is 4.09. The number of rotatable bonds is 6. The Morgan fingerprint density at radius 3 is 2.17 bits per heavy atom. The summed E-state index contributed by atoms with van der Waals surface area (Å²) in [5, 5.41) is 0. The Kier molecular flexibility index (Phi) is 5.80. The van der Waals surface area contributed by atoms with E-state index in [9.17, 15) is 13.2 Å². The first kappa shape index (κ1) is 15.2. The second-order valence-electron chi connectivity index (χ2n) is 3.65. The molecule has 18 heavy (non-hydrogen) atoms. The lowest BCUT2D eigenvalue weighted by Crippen LogP contribution is -2.30. The Bertz CT molecular complexity index is 399. The van der Waals surface area contributed by atoms with Crippen molar-refractivity contribution in [3.05, 3.63) is 35.1 Å². The molecule has 1 rings (SSSR count). The lowest BCUT2D eigenvalue weighted by molar-refractivity contribution is 0.0946. The van der Waals surface area contributed by atoms with E-state index in [4.69, 9.17) is 13.3 Å². The van der Waals surface area contributed by atoms with Gasteiger partial charge in [-0.05, 0) is 18.6 Å². The maximum absolute atomic E-state index is 13.4. The van der Waals surface area contributed by atoms with Crippen molar-refractivity contribution in [1.29, 1.82) is 0 Å². The van der Waals surface area contributed by atoms with Crippen molar-refractivity contribution in [1.82, 2.24) is 0 Å². The van der Waals surface area contributed by atoms with Gasteiger partial charge in [0.1, 0.15) is 5.82 Å². The molecule has 0 bridgehead atoms. The van der Waals surface area contributed by atoms with Crippen LogP contribution in [0.15, 0.2) is 12.1 Å². The fourth-order valence-electron chi connectivity index (χ4n) is 1.42. The summed E-state index contributed by atoms with van der Waals surface area (Å²) in [5.41, 5.74) is 0.0509. The second kappa shape index (κ2) is 6.88. The molecular weight excluding hydrogens is 265 g/mol. The molecule has 7 heteroatoms. The molecule has 0 aromatic heterocycles. The summed E-state index contributed by atoms with van der Waals surface area (Å²) in [5.74, 6) is -3.08. The van der Waals surface area contributed by atoms with Crippen LogP contribution in [-0.4, -0.2) is 29.9 Å². The van der Waals surface area contributed by atoms with Crippen LogP contribution in [0, 0.1) is 17.5 Å². The van der Waals surface area contributed by atoms with Crippen LogP contribution >= 0.6 is 0 Å². The van der Waals surface area contributed by atoms with E-state index in [1.54, 1.807) is 6.92 Å². The molecule has 0 spiro atoms. The molecule has 0 saturated heterocycles. The summed E-state index contributed by atoms with van der Waals surface area (Å²) in [7, 11) is 1.00. The predicted octanol–water partition coefficient (Wildman–Crippen LogP) is 2.33. The minimum absolute atomic E-state index is 0.0509. The monoisotopic (exact) mass is 279 g/mol. The van der Waals surface area contributed by atoms with Gasteiger partial charge in [0, 0.05) is 26.7 Å². The van der Waals surface area contributed by atoms with Crippen LogP contribution in [-0.2, 0) is 19.7 Å². The number of hydrogen-bond acceptors (Lipinski definition) is 3. The molecule has 0 heterocycles. The van der Waals surface area contributed by atoms with Crippen LogP contribution in [0.4, 0.5) is 13.2 Å². The molecule has 101 valence electrons. The molecule has 0 fully saturated rings. The highest BCUT2D eigenvalue weighted by Crippen LogP contribution is 2.16. The number of halogens is 3. The zero-order valence-corrected chi connectivity index (χ0v) is 11.3. The highest BCUT2D eigenvalue weighted by Gasteiger charge is 2.20. The Morgan fingerprint density at radius 1 is 1.06 bits per heavy atom. The average Bonchev–Trinajstić information content (AvgIpc) is 2.33. The van der Waals surface area contributed by atoms with Gasteiger partial charge in [-0.1, -0.05) is 0 Å². The van der Waals surface area contributed by atoms with Crippen LogP contribution < -0.4 is 0 Å². The molecule has 3 nitrogen and oxygen atoms in total. The van der Waals surface area contributed by atoms with Crippen LogP contribution in [0.5, 0.6) is 0 Å². The molecule has 1 unspecified atom stereocenters. The Morgan fingerprint density at radius 2 is 1.61 bits per heavy atom. The molecule has 0 aliphatic heterocycles. The van der Waals surface area contributed by atoms with Crippen molar-refractivity contribution < 1.29 is 26.4 Å². The van der Waals surface area contributed by atoms with E-state index in [1.165, 1.54) is 14.2 Å². The van der Waals surface area contributed by atoms with Gasteiger partial charge in [0.05, 0.1) is 6.10 Å². The number of benzene rings is 1. The summed E-state index contributed by atoms with van der Waals surface area (Å²) in [6.07, 6.45) is -0.331. The molecule has 0 amide bonds. The topological polar surface area (TPSA) is 27.7 Å². The molecule has 0 N–H and O–H groups in total. The molecular formula is C11H14F3O3Si. The predicted molar refractivity (Wildman–Crippen MR) is 60.3 cm³/mol. The number of hydrogen-bond donors (Lipinski definition) is 0. The van der Waals surface area contributed by atoms with Gasteiger partial charge in [0.25, 0.3) is 0 Å². The summed E-state index contributed by atoms with van der Waals surface area (Å²) >= 11 is 0. The zero-order valence-electron chi connectivity index (χ0n) is 10.3. The maximum atomic E-state index is 13.4. The van der Waals surface area contributed by atoms with Gasteiger partial charge < -0.3 is 13.3 Å². The van der Waals surface area contributed by atoms with Gasteiger partial charge in [-0.3, -0.25) is 0 Å². The van der Waals surface area contributed by atoms with Crippen LogP contribution in [0.1, 0.15) is 12.5 Å². The first-order valence-electron chi connectivity index (χ1n) is 5.23. The standard InChI is InChI=1S/C11H14F3O3Si/c1-7(17-18(15-2)16-3)4-8-5-10(13)11(14)6-9(8)12/h5-7H,4H2,1-3H3. The van der Waals surface area contributed by atoms with Gasteiger partial charge in [-0.25, -0.2) is 13.2 Å². The highest BCUT2D eigenvalue weighted by molar-refractivity contribution is 6.36. The zero-order chi connectivity index (χ0) is 13.7. The lowest BCUT2D eigenvalue weighted by Gasteiger charge is -2.16. The van der Waals surface area contributed by atoms with E-state index in [-0.39, 0.29) is 12.0 Å². The molecule has 1 atom stereocenters. The molecule has 1 radical (unpaired) electrons. The first-order valence-corrected chi connectivity index (χ1v) is 6.45. The SMILES string of the molecule is CO[Si](OC)OC(C)Cc1cc(F)c(F)cc1F. The van der Waals surface area contributed by atoms with E-state index >= 15 is 0 Å². The van der Waals surface area contributed by atoms with Gasteiger partial charge in [-0.2, -0.15) is 0 Å². The molecule has 0 aliphatic rings. The van der Waals surface area contributed by atoms with Crippen molar-refractivity contribution >= 4 is 9.53 Å². The minimum atomic E-state index is -1.86. The normalized spacial score (nSPS) is 13.1. The smallest absolute Gasteiger partial charge is 0.375 e. The van der Waals surface area contributed by atoms with E-state index in [0.29, 0.717) is 6.07 Å². The third-order valence-corrected chi connectivity index (χ3v) is 3.49.